The largest absolute Gasteiger partial charge is 0.462 e. The number of hydrogen-bond donors (Lipinski definition) is 0. The maximum atomic E-state index is 12.8. The van der Waals surface area contributed by atoms with Crippen LogP contribution in [-0.2, 0) is 23.8 Å². The zero-order valence-corrected chi connectivity index (χ0v) is 40.0. The van der Waals surface area contributed by atoms with E-state index in [0.29, 0.717) is 19.4 Å². The molecular weight excluding hydrogens is 741 g/mol. The van der Waals surface area contributed by atoms with E-state index in [1.54, 1.807) is 0 Å². The quantitative estimate of drug-likeness (QED) is 0.0347. The summed E-state index contributed by atoms with van der Waals surface area (Å²) in [6.07, 6.45) is 63.6. The molecule has 0 aromatic carbocycles. The molecule has 0 aromatic rings. The Kier molecular flexibility index (Phi) is 48.9. The summed E-state index contributed by atoms with van der Waals surface area (Å²) < 4.78 is 17.4. The predicted molar refractivity (Wildman–Crippen MR) is 261 cm³/mol. The minimum Gasteiger partial charge on any atom is -0.462 e. The monoisotopic (exact) mass is 839 g/mol. The molecule has 0 aliphatic rings. The lowest BCUT2D eigenvalue weighted by atomic mass is 10.1. The van der Waals surface area contributed by atoms with Gasteiger partial charge in [0.15, 0.2) is 6.10 Å². The van der Waals surface area contributed by atoms with E-state index in [2.05, 4.69) is 81.5 Å². The van der Waals surface area contributed by atoms with Gasteiger partial charge < -0.3 is 14.2 Å². The van der Waals surface area contributed by atoms with Crippen LogP contribution in [0.25, 0.3) is 0 Å². The highest BCUT2D eigenvalue weighted by Gasteiger charge is 2.17. The second kappa shape index (κ2) is 51.0. The molecule has 0 radical (unpaired) electrons. The Balaban J connectivity index is 4.28. The van der Waals surface area contributed by atoms with Gasteiger partial charge in [-0.05, 0) is 103 Å². The van der Waals surface area contributed by atoms with Crippen molar-refractivity contribution >= 4 is 11.9 Å². The summed E-state index contributed by atoms with van der Waals surface area (Å²) >= 11 is 0. The summed E-state index contributed by atoms with van der Waals surface area (Å²) in [7, 11) is 0. The first-order valence-corrected chi connectivity index (χ1v) is 25.8. The van der Waals surface area contributed by atoms with E-state index >= 15 is 0 Å². The fourth-order valence-corrected chi connectivity index (χ4v) is 7.16. The van der Waals surface area contributed by atoms with E-state index in [1.165, 1.54) is 135 Å². The topological polar surface area (TPSA) is 61.8 Å². The van der Waals surface area contributed by atoms with Crippen LogP contribution in [-0.4, -0.2) is 37.9 Å². The van der Waals surface area contributed by atoms with Crippen LogP contribution < -0.4 is 0 Å². The van der Waals surface area contributed by atoms with Gasteiger partial charge in [-0.2, -0.15) is 0 Å². The molecule has 0 N–H and O–H groups in total. The average Bonchev–Trinajstić information content (AvgIpc) is 3.25. The van der Waals surface area contributed by atoms with Crippen LogP contribution in [0.4, 0.5) is 0 Å². The van der Waals surface area contributed by atoms with Gasteiger partial charge in [0.2, 0.25) is 0 Å². The first-order chi connectivity index (χ1) is 29.6. The number of carbonyl (C=O) groups excluding carboxylic acids is 2. The van der Waals surface area contributed by atoms with Gasteiger partial charge in [0.1, 0.15) is 6.61 Å². The van der Waals surface area contributed by atoms with Gasteiger partial charge in [-0.3, -0.25) is 9.59 Å². The van der Waals surface area contributed by atoms with Crippen molar-refractivity contribution in [1.29, 1.82) is 0 Å². The Morgan fingerprint density at radius 1 is 0.383 bits per heavy atom. The molecule has 1 atom stereocenters. The third-order valence-corrected chi connectivity index (χ3v) is 11.0. The second-order valence-corrected chi connectivity index (χ2v) is 17.0. The van der Waals surface area contributed by atoms with Crippen LogP contribution in [0.5, 0.6) is 0 Å². The van der Waals surface area contributed by atoms with Gasteiger partial charge in [-0.1, -0.05) is 197 Å². The molecule has 0 heterocycles. The van der Waals surface area contributed by atoms with Crippen molar-refractivity contribution in [1.82, 2.24) is 0 Å². The zero-order chi connectivity index (χ0) is 43.5. The van der Waals surface area contributed by atoms with E-state index in [-0.39, 0.29) is 25.2 Å². The highest BCUT2D eigenvalue weighted by molar-refractivity contribution is 5.70. The predicted octanol–water partition coefficient (Wildman–Crippen LogP) is 17.3. The standard InChI is InChI=1S/C55H98O5/c1-4-7-10-13-16-19-22-25-27-28-29-31-33-36-39-42-45-48-54(56)59-52-53(51-58-50-47-44-41-38-35-32-26-23-20-17-14-11-8-5-2)60-55(57)49-46-43-40-37-34-30-24-21-18-15-12-9-6-3/h7,10,16,19-21,23-25,27,53H,4-6,8-9,11-15,17-18,22,26,28-52H2,1-3H3/b10-7-,19-16-,23-20-,24-21-,27-25-. The van der Waals surface area contributed by atoms with Crippen LogP contribution in [0.3, 0.4) is 0 Å². The molecule has 0 saturated carbocycles. The first-order valence-electron chi connectivity index (χ1n) is 25.8. The van der Waals surface area contributed by atoms with Crippen molar-refractivity contribution in [2.24, 2.45) is 0 Å². The minimum absolute atomic E-state index is 0.0743. The van der Waals surface area contributed by atoms with E-state index in [4.69, 9.17) is 14.2 Å². The molecule has 5 heteroatoms. The van der Waals surface area contributed by atoms with E-state index in [1.807, 2.05) is 0 Å². The van der Waals surface area contributed by atoms with Crippen LogP contribution in [0, 0.1) is 0 Å². The van der Waals surface area contributed by atoms with Gasteiger partial charge in [0.25, 0.3) is 0 Å². The van der Waals surface area contributed by atoms with Crippen molar-refractivity contribution in [2.45, 2.75) is 258 Å². The molecule has 0 amide bonds. The summed E-state index contributed by atoms with van der Waals surface area (Å²) in [4.78, 5) is 25.4. The number of esters is 2. The van der Waals surface area contributed by atoms with Crippen LogP contribution in [0.15, 0.2) is 60.8 Å². The van der Waals surface area contributed by atoms with Gasteiger partial charge in [-0.15, -0.1) is 0 Å². The molecule has 5 nitrogen and oxygen atoms in total. The fraction of sp³-hybridized carbons (Fsp3) is 0.782. The lowest BCUT2D eigenvalue weighted by molar-refractivity contribution is -0.163. The van der Waals surface area contributed by atoms with Crippen molar-refractivity contribution in [3.8, 4) is 0 Å². The van der Waals surface area contributed by atoms with Gasteiger partial charge >= 0.3 is 11.9 Å². The second-order valence-electron chi connectivity index (χ2n) is 17.0. The van der Waals surface area contributed by atoms with Crippen LogP contribution in [0.2, 0.25) is 0 Å². The molecule has 348 valence electrons. The lowest BCUT2D eigenvalue weighted by Crippen LogP contribution is -2.30. The smallest absolute Gasteiger partial charge is 0.306 e. The number of ether oxygens (including phenoxy) is 3. The molecule has 0 bridgehead atoms. The Labute approximate surface area is 373 Å². The maximum Gasteiger partial charge on any atom is 0.306 e. The Morgan fingerprint density at radius 2 is 0.750 bits per heavy atom. The van der Waals surface area contributed by atoms with Gasteiger partial charge in [0.05, 0.1) is 6.61 Å². The molecule has 0 aliphatic heterocycles. The molecule has 60 heavy (non-hydrogen) atoms. The summed E-state index contributed by atoms with van der Waals surface area (Å²) in [5, 5.41) is 0. The van der Waals surface area contributed by atoms with Crippen LogP contribution in [0.1, 0.15) is 252 Å². The molecular formula is C55H98O5. The summed E-state index contributed by atoms with van der Waals surface area (Å²) in [5.74, 6) is -0.417. The summed E-state index contributed by atoms with van der Waals surface area (Å²) in [5.41, 5.74) is 0. The zero-order valence-electron chi connectivity index (χ0n) is 40.0. The Morgan fingerprint density at radius 3 is 1.22 bits per heavy atom. The average molecular weight is 839 g/mol. The highest BCUT2D eigenvalue weighted by atomic mass is 16.6. The van der Waals surface area contributed by atoms with Crippen molar-refractivity contribution in [3.05, 3.63) is 60.8 Å². The number of allylic oxidation sites excluding steroid dienone is 10. The maximum absolute atomic E-state index is 12.8. The first kappa shape index (κ1) is 57.6. The molecule has 0 spiro atoms. The number of rotatable bonds is 47. The lowest BCUT2D eigenvalue weighted by Gasteiger charge is -2.18. The SMILES string of the molecule is CC/C=C\C/C=C\C/C=C\CCCCCCCCCC(=O)OCC(COCCCCCCCC/C=C\CCCCCC)OC(=O)CCCCCCC/C=C\CCCCCC. The molecule has 0 rings (SSSR count). The molecule has 1 unspecified atom stereocenters. The normalized spacial score (nSPS) is 12.7. The fourth-order valence-electron chi connectivity index (χ4n) is 7.16. The number of carbonyl (C=O) groups is 2. The third-order valence-electron chi connectivity index (χ3n) is 11.0. The van der Waals surface area contributed by atoms with Gasteiger partial charge in [-0.25, -0.2) is 0 Å². The van der Waals surface area contributed by atoms with E-state index in [0.717, 1.165) is 83.5 Å². The molecule has 0 aliphatic carbocycles. The van der Waals surface area contributed by atoms with Crippen molar-refractivity contribution in [2.75, 3.05) is 19.8 Å². The highest BCUT2D eigenvalue weighted by Crippen LogP contribution is 2.14. The Bertz CT molecular complexity index is 1040. The van der Waals surface area contributed by atoms with Crippen molar-refractivity contribution < 1.29 is 23.8 Å². The van der Waals surface area contributed by atoms with E-state index < -0.39 is 6.10 Å². The van der Waals surface area contributed by atoms with Gasteiger partial charge in [0, 0.05) is 19.4 Å². The third kappa shape index (κ3) is 48.3. The Hall–Kier alpha value is -2.40. The number of unbranched alkanes of at least 4 members (excludes halogenated alkanes) is 26. The summed E-state index contributed by atoms with van der Waals surface area (Å²) in [6, 6.07) is 0. The molecule has 0 fully saturated rings. The van der Waals surface area contributed by atoms with Crippen LogP contribution >= 0.6 is 0 Å². The van der Waals surface area contributed by atoms with Crippen molar-refractivity contribution in [3.63, 3.8) is 0 Å². The molecule has 0 aromatic heterocycles. The minimum atomic E-state index is -0.547. The molecule has 0 saturated heterocycles. The number of hydrogen-bond acceptors (Lipinski definition) is 5. The van der Waals surface area contributed by atoms with E-state index in [9.17, 15) is 9.59 Å². The summed E-state index contributed by atoms with van der Waals surface area (Å²) in [6.45, 7) is 7.68.